The van der Waals surface area contributed by atoms with Crippen LogP contribution >= 0.6 is 15.9 Å². The summed E-state index contributed by atoms with van der Waals surface area (Å²) in [6.07, 6.45) is 20.5. The summed E-state index contributed by atoms with van der Waals surface area (Å²) in [5, 5.41) is 0.960. The van der Waals surface area contributed by atoms with Crippen molar-refractivity contribution in [3.63, 3.8) is 0 Å². The third kappa shape index (κ3) is 14.1. The normalized spacial score (nSPS) is 13.6. The zero-order valence-electron chi connectivity index (χ0n) is 22.6. The van der Waals surface area contributed by atoms with E-state index in [1.807, 2.05) is 0 Å². The van der Waals surface area contributed by atoms with E-state index in [9.17, 15) is 0 Å². The number of halogens is 1. The van der Waals surface area contributed by atoms with Crippen LogP contribution in [0.3, 0.4) is 0 Å². The lowest BCUT2D eigenvalue weighted by Crippen LogP contribution is -2.54. The van der Waals surface area contributed by atoms with E-state index in [0.717, 1.165) is 11.8 Å². The minimum Gasteiger partial charge on any atom is -0.374 e. The average molecular weight is 538 g/mol. The fourth-order valence-corrected chi connectivity index (χ4v) is 9.50. The van der Waals surface area contributed by atoms with Crippen LogP contribution in [0, 0.1) is 5.41 Å². The van der Waals surface area contributed by atoms with Gasteiger partial charge in [0, 0.05) is 30.7 Å². The van der Waals surface area contributed by atoms with Crippen molar-refractivity contribution < 1.29 is 13.3 Å². The molecule has 0 aliphatic heterocycles. The van der Waals surface area contributed by atoms with Crippen molar-refractivity contribution in [2.24, 2.45) is 5.41 Å². The molecule has 0 radical (unpaired) electrons. The Kier molecular flexibility index (Phi) is 21.3. The summed E-state index contributed by atoms with van der Waals surface area (Å²) in [7, 11) is -2.72. The Morgan fingerprint density at radius 1 is 0.625 bits per heavy atom. The monoisotopic (exact) mass is 536 g/mol. The fourth-order valence-electron chi connectivity index (χ4n) is 4.96. The molecule has 0 bridgehead atoms. The zero-order chi connectivity index (χ0) is 24.1. The van der Waals surface area contributed by atoms with Crippen LogP contribution in [0.2, 0.25) is 5.54 Å². The van der Waals surface area contributed by atoms with Gasteiger partial charge in [-0.1, -0.05) is 120 Å². The molecular formula is C27H57BrO3Si. The molecule has 0 aliphatic carbocycles. The topological polar surface area (TPSA) is 27.7 Å². The molecule has 5 heteroatoms. The molecule has 3 nitrogen and oxygen atoms in total. The van der Waals surface area contributed by atoms with Gasteiger partial charge in [0.2, 0.25) is 0 Å². The molecule has 0 aromatic rings. The zero-order valence-corrected chi connectivity index (χ0v) is 25.2. The molecule has 1 unspecified atom stereocenters. The highest BCUT2D eigenvalue weighted by atomic mass is 79.9. The van der Waals surface area contributed by atoms with E-state index >= 15 is 0 Å². The Morgan fingerprint density at radius 3 is 1.34 bits per heavy atom. The summed E-state index contributed by atoms with van der Waals surface area (Å²) in [6.45, 7) is 15.2. The van der Waals surface area contributed by atoms with Gasteiger partial charge >= 0.3 is 8.80 Å². The van der Waals surface area contributed by atoms with Gasteiger partial charge in [0.05, 0.1) is 0 Å². The molecule has 0 aromatic carbocycles. The second kappa shape index (κ2) is 20.9. The van der Waals surface area contributed by atoms with Crippen molar-refractivity contribution in [2.45, 2.75) is 143 Å². The van der Waals surface area contributed by atoms with Crippen molar-refractivity contribution in [3.05, 3.63) is 0 Å². The molecule has 0 heterocycles. The van der Waals surface area contributed by atoms with Gasteiger partial charge < -0.3 is 13.3 Å². The SMILES string of the molecule is CCCCCCCCCCCCCCCC(C)(C)C(CCBr)[Si](OCC)(OCC)OCC. The minimum absolute atomic E-state index is 0.150. The lowest BCUT2D eigenvalue weighted by atomic mass is 9.82. The van der Waals surface area contributed by atoms with Crippen molar-refractivity contribution >= 4 is 24.7 Å². The second-order valence-electron chi connectivity index (χ2n) is 9.91. The first kappa shape index (κ1) is 32.6. The number of hydrogen-bond acceptors (Lipinski definition) is 3. The lowest BCUT2D eigenvalue weighted by molar-refractivity contribution is 0.0416. The molecule has 32 heavy (non-hydrogen) atoms. The van der Waals surface area contributed by atoms with Crippen LogP contribution in [-0.4, -0.2) is 34.0 Å². The smallest absolute Gasteiger partial charge is 0.374 e. The third-order valence-electron chi connectivity index (χ3n) is 6.73. The molecule has 0 amide bonds. The molecule has 0 aromatic heterocycles. The number of hydrogen-bond donors (Lipinski definition) is 0. The van der Waals surface area contributed by atoms with E-state index in [1.165, 1.54) is 89.9 Å². The summed E-state index contributed by atoms with van der Waals surface area (Å²) in [6, 6.07) is 0. The van der Waals surface area contributed by atoms with Gasteiger partial charge in [-0.2, -0.15) is 0 Å². The van der Waals surface area contributed by atoms with Crippen LogP contribution < -0.4 is 0 Å². The van der Waals surface area contributed by atoms with Crippen molar-refractivity contribution in [1.29, 1.82) is 0 Å². The summed E-state index contributed by atoms with van der Waals surface area (Å²) in [5.41, 5.74) is 0.476. The maximum Gasteiger partial charge on any atom is 0.504 e. The molecule has 0 saturated heterocycles. The second-order valence-corrected chi connectivity index (χ2v) is 13.5. The highest BCUT2D eigenvalue weighted by molar-refractivity contribution is 9.09. The summed E-state index contributed by atoms with van der Waals surface area (Å²) < 4.78 is 18.9. The minimum atomic E-state index is -2.72. The standard InChI is InChI=1S/C27H57BrO3Si/c1-7-11-12-13-14-15-16-17-18-19-20-21-22-24-27(5,6)26(23-25-28)32(29-8-2,30-9-3)31-10-4/h26H,7-25H2,1-6H3. The summed E-state index contributed by atoms with van der Waals surface area (Å²) in [5.74, 6) is 0. The Hall–Kier alpha value is 0.577. The van der Waals surface area contributed by atoms with Crippen LogP contribution in [0.15, 0.2) is 0 Å². The van der Waals surface area contributed by atoms with Gasteiger partial charge in [0.25, 0.3) is 0 Å². The van der Waals surface area contributed by atoms with Gasteiger partial charge in [0.15, 0.2) is 0 Å². The lowest BCUT2D eigenvalue weighted by Gasteiger charge is -2.43. The van der Waals surface area contributed by atoms with Crippen LogP contribution in [-0.2, 0) is 13.3 Å². The summed E-state index contributed by atoms with van der Waals surface area (Å²) in [4.78, 5) is 0. The summed E-state index contributed by atoms with van der Waals surface area (Å²) >= 11 is 3.69. The van der Waals surface area contributed by atoms with Gasteiger partial charge in [-0.3, -0.25) is 0 Å². The van der Waals surface area contributed by atoms with Crippen molar-refractivity contribution in [2.75, 3.05) is 25.2 Å². The van der Waals surface area contributed by atoms with E-state index in [0.29, 0.717) is 25.4 Å². The maximum atomic E-state index is 6.30. The molecule has 0 saturated carbocycles. The van der Waals surface area contributed by atoms with E-state index in [-0.39, 0.29) is 5.41 Å². The molecule has 0 spiro atoms. The Bertz CT molecular complexity index is 389. The Morgan fingerprint density at radius 2 is 1.00 bits per heavy atom. The largest absolute Gasteiger partial charge is 0.504 e. The van der Waals surface area contributed by atoms with E-state index in [1.54, 1.807) is 0 Å². The average Bonchev–Trinajstić information content (AvgIpc) is 2.75. The molecule has 0 aliphatic rings. The van der Waals surface area contributed by atoms with Crippen LogP contribution in [0.1, 0.15) is 138 Å². The Balaban J connectivity index is 4.36. The van der Waals surface area contributed by atoms with E-state index < -0.39 is 8.80 Å². The number of rotatable bonds is 24. The number of unbranched alkanes of at least 4 members (excludes halogenated alkanes) is 12. The van der Waals surface area contributed by atoms with E-state index in [4.69, 9.17) is 13.3 Å². The van der Waals surface area contributed by atoms with E-state index in [2.05, 4.69) is 57.5 Å². The molecule has 1 atom stereocenters. The maximum absolute atomic E-state index is 6.30. The first-order valence-electron chi connectivity index (χ1n) is 13.9. The highest BCUT2D eigenvalue weighted by Crippen LogP contribution is 2.47. The quantitative estimate of drug-likeness (QED) is 0.0697. The van der Waals surface area contributed by atoms with Gasteiger partial charge in [-0.15, -0.1) is 0 Å². The molecule has 0 rings (SSSR count). The fraction of sp³-hybridized carbons (Fsp3) is 1.00. The Labute approximate surface area is 211 Å². The predicted molar refractivity (Wildman–Crippen MR) is 147 cm³/mol. The first-order valence-corrected chi connectivity index (χ1v) is 16.8. The number of alkyl halides is 1. The van der Waals surface area contributed by atoms with Crippen molar-refractivity contribution in [3.8, 4) is 0 Å². The molecule has 194 valence electrons. The third-order valence-corrected chi connectivity index (χ3v) is 11.2. The van der Waals surface area contributed by atoms with Gasteiger partial charge in [-0.25, -0.2) is 0 Å². The molecular weight excluding hydrogens is 480 g/mol. The van der Waals surface area contributed by atoms with Gasteiger partial charge in [-0.05, 0) is 39.0 Å². The molecule has 0 N–H and O–H groups in total. The van der Waals surface area contributed by atoms with Crippen molar-refractivity contribution in [1.82, 2.24) is 0 Å². The first-order chi connectivity index (χ1) is 15.4. The van der Waals surface area contributed by atoms with Crippen LogP contribution in [0.5, 0.6) is 0 Å². The van der Waals surface area contributed by atoms with Crippen LogP contribution in [0.25, 0.3) is 0 Å². The predicted octanol–water partition coefficient (Wildman–Crippen LogP) is 9.70. The van der Waals surface area contributed by atoms with Gasteiger partial charge in [0.1, 0.15) is 0 Å². The molecule has 0 fully saturated rings. The van der Waals surface area contributed by atoms with Crippen LogP contribution in [0.4, 0.5) is 0 Å². The highest BCUT2D eigenvalue weighted by Gasteiger charge is 2.54.